The summed E-state index contributed by atoms with van der Waals surface area (Å²) in [5.41, 5.74) is 6.73. The zero-order valence-electron chi connectivity index (χ0n) is 11.7. The number of hydrogen-bond acceptors (Lipinski definition) is 4. The van der Waals surface area contributed by atoms with E-state index < -0.39 is 17.8 Å². The molecule has 1 aromatic rings. The Labute approximate surface area is 121 Å². The van der Waals surface area contributed by atoms with Gasteiger partial charge in [0.1, 0.15) is 5.82 Å². The van der Waals surface area contributed by atoms with E-state index in [9.17, 15) is 14.0 Å². The van der Waals surface area contributed by atoms with Gasteiger partial charge >= 0.3 is 0 Å². The van der Waals surface area contributed by atoms with Crippen molar-refractivity contribution in [3.63, 3.8) is 0 Å². The fourth-order valence-electron chi connectivity index (χ4n) is 2.17. The number of carbonyl (C=O) groups excluding carboxylic acids is 2. The van der Waals surface area contributed by atoms with Crippen LogP contribution in [0, 0.1) is 5.82 Å². The number of aryl methyl sites for hydroxylation is 1. The molecule has 1 aromatic carbocycles. The van der Waals surface area contributed by atoms with Gasteiger partial charge in [-0.15, -0.1) is 0 Å². The lowest BCUT2D eigenvalue weighted by Gasteiger charge is -2.19. The molecule has 0 aliphatic carbocycles. The second kappa shape index (κ2) is 6.64. The molecule has 1 heterocycles. The van der Waals surface area contributed by atoms with Gasteiger partial charge in [0.25, 0.3) is 0 Å². The summed E-state index contributed by atoms with van der Waals surface area (Å²) in [6.45, 7) is 0.201. The Morgan fingerprint density at radius 1 is 1.52 bits per heavy atom. The minimum atomic E-state index is -0.528. The van der Waals surface area contributed by atoms with Crippen molar-refractivity contribution in [2.45, 2.75) is 25.4 Å². The molecule has 0 radical (unpaired) electrons. The molecule has 0 saturated heterocycles. The summed E-state index contributed by atoms with van der Waals surface area (Å²) < 4.78 is 19.0. The first-order valence-corrected chi connectivity index (χ1v) is 6.68. The smallest absolute Gasteiger partial charge is 0.227 e. The lowest BCUT2D eigenvalue weighted by atomic mass is 10.0. The highest BCUT2D eigenvalue weighted by atomic mass is 19.1. The molecule has 2 rings (SSSR count). The van der Waals surface area contributed by atoms with Crippen LogP contribution in [-0.2, 0) is 20.7 Å². The quantitative estimate of drug-likeness (QED) is 0.756. The van der Waals surface area contributed by atoms with Gasteiger partial charge in [-0.05, 0) is 24.1 Å². The fraction of sp³-hybridized carbons (Fsp3) is 0.429. The number of hydrogen-bond donors (Lipinski definition) is 3. The number of nitrogens with two attached hydrogens (primary N) is 1. The van der Waals surface area contributed by atoms with E-state index in [1.54, 1.807) is 0 Å². The van der Waals surface area contributed by atoms with Crippen LogP contribution < -0.4 is 16.4 Å². The van der Waals surface area contributed by atoms with Crippen LogP contribution in [0.1, 0.15) is 18.4 Å². The van der Waals surface area contributed by atoms with Gasteiger partial charge in [0.2, 0.25) is 11.8 Å². The monoisotopic (exact) mass is 295 g/mol. The number of nitrogens with one attached hydrogen (secondary N) is 2. The molecule has 1 aliphatic rings. The summed E-state index contributed by atoms with van der Waals surface area (Å²) >= 11 is 0. The Balaban J connectivity index is 2.11. The summed E-state index contributed by atoms with van der Waals surface area (Å²) in [6, 6.07) is 2.77. The van der Waals surface area contributed by atoms with Crippen molar-refractivity contribution in [2.24, 2.45) is 5.73 Å². The minimum absolute atomic E-state index is 0.0350. The van der Waals surface area contributed by atoms with Gasteiger partial charge in [-0.3, -0.25) is 9.59 Å². The lowest BCUT2D eigenvalue weighted by Crippen LogP contribution is -2.28. The number of halogens is 1. The third-order valence-corrected chi connectivity index (χ3v) is 3.37. The fourth-order valence-corrected chi connectivity index (χ4v) is 2.17. The zero-order chi connectivity index (χ0) is 15.4. The van der Waals surface area contributed by atoms with E-state index in [0.717, 1.165) is 5.56 Å². The molecule has 114 valence electrons. The van der Waals surface area contributed by atoms with Crippen LogP contribution in [0.15, 0.2) is 12.1 Å². The lowest BCUT2D eigenvalue weighted by molar-refractivity contribution is -0.118. The topological polar surface area (TPSA) is 93.4 Å². The molecule has 1 atom stereocenters. The molecule has 1 aliphatic heterocycles. The van der Waals surface area contributed by atoms with Crippen molar-refractivity contribution in [1.29, 1.82) is 0 Å². The minimum Gasteiger partial charge on any atom is -0.380 e. The van der Waals surface area contributed by atoms with Crippen LogP contribution in [0.3, 0.4) is 0 Å². The van der Waals surface area contributed by atoms with E-state index in [0.29, 0.717) is 18.5 Å². The third-order valence-electron chi connectivity index (χ3n) is 3.37. The van der Waals surface area contributed by atoms with Crippen LogP contribution in [0.4, 0.5) is 15.8 Å². The molecular weight excluding hydrogens is 277 g/mol. The maximum atomic E-state index is 14.0. The summed E-state index contributed by atoms with van der Waals surface area (Å²) in [7, 11) is 1.46. The van der Waals surface area contributed by atoms with Gasteiger partial charge in [-0.25, -0.2) is 4.39 Å². The average molecular weight is 295 g/mol. The molecule has 6 nitrogen and oxygen atoms in total. The normalized spacial score (nSPS) is 15.1. The highest BCUT2D eigenvalue weighted by Gasteiger charge is 2.19. The molecule has 0 bridgehead atoms. The number of ether oxygens (including phenoxy) is 1. The predicted molar refractivity (Wildman–Crippen MR) is 76.4 cm³/mol. The van der Waals surface area contributed by atoms with E-state index in [1.807, 2.05) is 0 Å². The maximum Gasteiger partial charge on any atom is 0.227 e. The van der Waals surface area contributed by atoms with Crippen LogP contribution in [0.5, 0.6) is 0 Å². The second-order valence-corrected chi connectivity index (χ2v) is 4.88. The highest BCUT2D eigenvalue weighted by molar-refractivity contribution is 5.96. The van der Waals surface area contributed by atoms with Crippen LogP contribution in [0.2, 0.25) is 0 Å². The van der Waals surface area contributed by atoms with Crippen molar-refractivity contribution in [3.05, 3.63) is 23.5 Å². The molecule has 0 fully saturated rings. The van der Waals surface area contributed by atoms with Crippen molar-refractivity contribution in [2.75, 3.05) is 24.3 Å². The molecular formula is C14H18FN3O3. The highest BCUT2D eigenvalue weighted by Crippen LogP contribution is 2.28. The van der Waals surface area contributed by atoms with Crippen molar-refractivity contribution >= 4 is 23.2 Å². The van der Waals surface area contributed by atoms with E-state index in [4.69, 9.17) is 10.5 Å². The van der Waals surface area contributed by atoms with Crippen molar-refractivity contribution in [1.82, 2.24) is 0 Å². The Bertz CT molecular complexity index is 559. The van der Waals surface area contributed by atoms with E-state index in [-0.39, 0.29) is 24.6 Å². The Kier molecular flexibility index (Phi) is 4.87. The van der Waals surface area contributed by atoms with E-state index in [2.05, 4.69) is 10.6 Å². The largest absolute Gasteiger partial charge is 0.380 e. The van der Waals surface area contributed by atoms with E-state index >= 15 is 0 Å². The van der Waals surface area contributed by atoms with Gasteiger partial charge in [0, 0.05) is 25.8 Å². The first-order chi connectivity index (χ1) is 10.0. The van der Waals surface area contributed by atoms with Crippen LogP contribution in [-0.4, -0.2) is 31.6 Å². The zero-order valence-corrected chi connectivity index (χ0v) is 11.7. The van der Waals surface area contributed by atoms with Gasteiger partial charge in [0.15, 0.2) is 0 Å². The standard InChI is InChI=1S/C14H18FN3O3/c1-21-9(7-16)5-14(20)18-12-6-11-8(4-10(12)15)2-3-13(19)17-11/h4,6,9H,2-3,5,7,16H2,1H3,(H,17,19)(H,18,20). The molecule has 21 heavy (non-hydrogen) atoms. The summed E-state index contributed by atoms with van der Waals surface area (Å²) in [6.07, 6.45) is 0.455. The molecule has 2 amide bonds. The number of rotatable bonds is 5. The Morgan fingerprint density at radius 2 is 2.29 bits per heavy atom. The maximum absolute atomic E-state index is 14.0. The van der Waals surface area contributed by atoms with Gasteiger partial charge in [0.05, 0.1) is 18.2 Å². The molecule has 1 unspecified atom stereocenters. The number of benzene rings is 1. The molecule has 0 spiro atoms. The first kappa shape index (κ1) is 15.4. The Morgan fingerprint density at radius 3 is 2.95 bits per heavy atom. The van der Waals surface area contributed by atoms with Crippen molar-refractivity contribution in [3.8, 4) is 0 Å². The van der Waals surface area contributed by atoms with Gasteiger partial charge in [-0.2, -0.15) is 0 Å². The number of amides is 2. The average Bonchev–Trinajstić information content (AvgIpc) is 2.46. The molecule has 0 saturated carbocycles. The van der Waals surface area contributed by atoms with Gasteiger partial charge < -0.3 is 21.1 Å². The number of methoxy groups -OCH3 is 1. The van der Waals surface area contributed by atoms with E-state index in [1.165, 1.54) is 19.2 Å². The van der Waals surface area contributed by atoms with Crippen LogP contribution >= 0.6 is 0 Å². The predicted octanol–water partition coefficient (Wildman–Crippen LogP) is 1.01. The summed E-state index contributed by atoms with van der Waals surface area (Å²) in [4.78, 5) is 23.2. The molecule has 4 N–H and O–H groups in total. The van der Waals surface area contributed by atoms with Crippen LogP contribution in [0.25, 0.3) is 0 Å². The third kappa shape index (κ3) is 3.77. The second-order valence-electron chi connectivity index (χ2n) is 4.88. The number of anilines is 2. The summed E-state index contributed by atoms with van der Waals surface area (Å²) in [5.74, 6) is -1.04. The molecule has 7 heteroatoms. The van der Waals surface area contributed by atoms with Crippen molar-refractivity contribution < 1.29 is 18.7 Å². The SMILES string of the molecule is COC(CN)CC(=O)Nc1cc2c(cc1F)CCC(=O)N2. The molecule has 0 aromatic heterocycles. The number of carbonyl (C=O) groups is 2. The Hall–Kier alpha value is -1.99. The van der Waals surface area contributed by atoms with Gasteiger partial charge in [-0.1, -0.05) is 0 Å². The summed E-state index contributed by atoms with van der Waals surface area (Å²) in [5, 5.41) is 5.14. The number of fused-ring (bicyclic) bond motifs is 1. The first-order valence-electron chi connectivity index (χ1n) is 6.68.